The molecule has 2 aromatic heterocycles. The van der Waals surface area contributed by atoms with Crippen molar-refractivity contribution in [2.24, 2.45) is 5.10 Å². The van der Waals surface area contributed by atoms with Gasteiger partial charge in [-0.1, -0.05) is 0 Å². The molecule has 1 N–H and O–H groups in total. The maximum Gasteiger partial charge on any atom is 0.219 e. The summed E-state index contributed by atoms with van der Waals surface area (Å²) in [7, 11) is 1.59. The lowest BCUT2D eigenvalue weighted by molar-refractivity contribution is 0.310. The van der Waals surface area contributed by atoms with Gasteiger partial charge in [0.05, 0.1) is 30.7 Å². The molecule has 0 unspecified atom stereocenters. The second-order valence-corrected chi connectivity index (χ2v) is 6.09. The molecule has 0 saturated heterocycles. The van der Waals surface area contributed by atoms with Crippen LogP contribution < -0.4 is 9.47 Å². The average Bonchev–Trinajstić information content (AvgIpc) is 3.23. The monoisotopic (exact) mass is 422 g/mol. The Kier molecular flexibility index (Phi) is 5.34. The molecule has 130 valence electrons. The fourth-order valence-electron chi connectivity index (χ4n) is 2.21. The van der Waals surface area contributed by atoms with Crippen molar-refractivity contribution in [1.29, 1.82) is 0 Å². The molecule has 0 atom stereocenters. The first kappa shape index (κ1) is 17.4. The molecule has 0 aliphatic rings. The van der Waals surface area contributed by atoms with Crippen LogP contribution in [0.15, 0.2) is 44.5 Å². The molecular weight excluding hydrogens is 408 g/mol. The molecule has 2 heterocycles. The summed E-state index contributed by atoms with van der Waals surface area (Å²) >= 11 is 8.71. The van der Waals surface area contributed by atoms with Crippen LogP contribution in [0.2, 0.25) is 0 Å². The summed E-state index contributed by atoms with van der Waals surface area (Å²) in [6.07, 6.45) is 3.22. The molecule has 0 spiro atoms. The summed E-state index contributed by atoms with van der Waals surface area (Å²) in [5, 5.41) is 11.3. The van der Waals surface area contributed by atoms with Crippen LogP contribution >= 0.6 is 28.1 Å². The number of ether oxygens (including phenoxy) is 2. The zero-order chi connectivity index (χ0) is 17.8. The lowest BCUT2D eigenvalue weighted by Crippen LogP contribution is -1.99. The smallest absolute Gasteiger partial charge is 0.219 e. The minimum Gasteiger partial charge on any atom is -0.492 e. The second kappa shape index (κ2) is 7.66. The quantitative estimate of drug-likeness (QED) is 0.474. The third-order valence-corrected chi connectivity index (χ3v) is 4.10. The first-order valence-electron chi connectivity index (χ1n) is 7.40. The van der Waals surface area contributed by atoms with Crippen LogP contribution in [0.25, 0.3) is 11.6 Å². The number of aromatic amines is 1. The highest BCUT2D eigenvalue weighted by Gasteiger charge is 2.12. The number of rotatable bonds is 6. The number of hydrogen-bond donors (Lipinski definition) is 1. The lowest BCUT2D eigenvalue weighted by Gasteiger charge is -2.11. The van der Waals surface area contributed by atoms with Crippen molar-refractivity contribution < 1.29 is 13.9 Å². The van der Waals surface area contributed by atoms with Crippen molar-refractivity contribution in [1.82, 2.24) is 14.9 Å². The first-order valence-corrected chi connectivity index (χ1v) is 8.60. The van der Waals surface area contributed by atoms with Gasteiger partial charge >= 0.3 is 0 Å². The molecule has 25 heavy (non-hydrogen) atoms. The van der Waals surface area contributed by atoms with Gasteiger partial charge in [-0.15, -0.1) is 5.10 Å². The van der Waals surface area contributed by atoms with Gasteiger partial charge in [-0.3, -0.25) is 0 Å². The van der Waals surface area contributed by atoms with Crippen LogP contribution in [0.1, 0.15) is 12.5 Å². The third kappa shape index (κ3) is 3.67. The molecule has 0 radical (unpaired) electrons. The van der Waals surface area contributed by atoms with Crippen LogP contribution in [-0.4, -0.2) is 34.8 Å². The van der Waals surface area contributed by atoms with E-state index in [1.54, 1.807) is 31.7 Å². The van der Waals surface area contributed by atoms with Crippen LogP contribution in [-0.2, 0) is 0 Å². The van der Waals surface area contributed by atoms with E-state index in [2.05, 4.69) is 31.2 Å². The van der Waals surface area contributed by atoms with E-state index in [1.165, 1.54) is 4.68 Å². The maximum absolute atomic E-state index is 5.62. The molecule has 0 aliphatic heterocycles. The molecule has 7 nitrogen and oxygen atoms in total. The molecule has 1 aromatic carbocycles. The summed E-state index contributed by atoms with van der Waals surface area (Å²) in [4.78, 5) is 0. The summed E-state index contributed by atoms with van der Waals surface area (Å²) in [6, 6.07) is 7.28. The van der Waals surface area contributed by atoms with Gasteiger partial charge in [0.1, 0.15) is 0 Å². The van der Waals surface area contributed by atoms with Crippen molar-refractivity contribution in [3.05, 3.63) is 45.3 Å². The van der Waals surface area contributed by atoms with E-state index in [9.17, 15) is 0 Å². The maximum atomic E-state index is 5.62. The Morgan fingerprint density at radius 3 is 3.00 bits per heavy atom. The van der Waals surface area contributed by atoms with Crippen LogP contribution in [0.3, 0.4) is 0 Å². The third-order valence-electron chi connectivity index (χ3n) is 3.25. The Morgan fingerprint density at radius 1 is 1.48 bits per heavy atom. The van der Waals surface area contributed by atoms with Gasteiger partial charge in [-0.2, -0.15) is 9.78 Å². The molecule has 0 bridgehead atoms. The van der Waals surface area contributed by atoms with Gasteiger partial charge in [0, 0.05) is 0 Å². The summed E-state index contributed by atoms with van der Waals surface area (Å²) in [5.74, 6) is 2.32. The highest BCUT2D eigenvalue weighted by atomic mass is 79.9. The standard InChI is InChI=1S/C16H15BrN4O3S/c1-3-23-13-8-10(7-11(17)14(13)22-2)9-18-21-15(19-20-16(21)25)12-5-4-6-24-12/h4-9H,3H2,1-2H3,(H,20,25)/b18-9-. The number of hydrogen-bond acceptors (Lipinski definition) is 6. The van der Waals surface area contributed by atoms with Gasteiger partial charge in [0.2, 0.25) is 10.6 Å². The molecule has 0 amide bonds. The van der Waals surface area contributed by atoms with Crippen molar-refractivity contribution >= 4 is 34.4 Å². The highest BCUT2D eigenvalue weighted by Crippen LogP contribution is 2.36. The fraction of sp³-hybridized carbons (Fsp3) is 0.188. The largest absolute Gasteiger partial charge is 0.492 e. The minimum atomic E-state index is 0.361. The van der Waals surface area contributed by atoms with Crippen LogP contribution in [0, 0.1) is 4.77 Å². The van der Waals surface area contributed by atoms with E-state index in [1.807, 2.05) is 19.1 Å². The van der Waals surface area contributed by atoms with Crippen molar-refractivity contribution in [3.63, 3.8) is 0 Å². The van der Waals surface area contributed by atoms with Gasteiger partial charge in [-0.25, -0.2) is 5.10 Å². The zero-order valence-corrected chi connectivity index (χ0v) is 15.9. The molecule has 0 saturated carbocycles. The Bertz CT molecular complexity index is 947. The van der Waals surface area contributed by atoms with Gasteiger partial charge in [-0.05, 0) is 64.9 Å². The molecule has 9 heteroatoms. The SMILES string of the molecule is CCOc1cc(/C=N\n2c(-c3ccco3)n[nH]c2=S)cc(Br)c1OC. The van der Waals surface area contributed by atoms with Crippen LogP contribution in [0.5, 0.6) is 11.5 Å². The predicted octanol–water partition coefficient (Wildman–Crippen LogP) is 4.25. The second-order valence-electron chi connectivity index (χ2n) is 4.85. The number of furan rings is 1. The summed E-state index contributed by atoms with van der Waals surface area (Å²) < 4.78 is 19.0. The molecular formula is C16H15BrN4O3S. The Hall–Kier alpha value is -2.39. The highest BCUT2D eigenvalue weighted by molar-refractivity contribution is 9.10. The number of aromatic nitrogens is 3. The van der Waals surface area contributed by atoms with E-state index < -0.39 is 0 Å². The average molecular weight is 423 g/mol. The zero-order valence-electron chi connectivity index (χ0n) is 13.5. The van der Waals surface area contributed by atoms with E-state index in [4.69, 9.17) is 26.1 Å². The van der Waals surface area contributed by atoms with Gasteiger partial charge < -0.3 is 13.9 Å². The van der Waals surface area contributed by atoms with Crippen molar-refractivity contribution in [2.75, 3.05) is 13.7 Å². The summed E-state index contributed by atoms with van der Waals surface area (Å²) in [6.45, 7) is 2.44. The number of methoxy groups -OCH3 is 1. The Morgan fingerprint density at radius 2 is 2.32 bits per heavy atom. The van der Waals surface area contributed by atoms with E-state index >= 15 is 0 Å². The number of nitrogens with zero attached hydrogens (tertiary/aromatic N) is 3. The molecule has 3 aromatic rings. The molecule has 0 aliphatic carbocycles. The summed E-state index contributed by atoms with van der Waals surface area (Å²) in [5.41, 5.74) is 0.810. The number of benzene rings is 1. The first-order chi connectivity index (χ1) is 12.1. The normalized spacial score (nSPS) is 11.2. The number of halogens is 1. The topological polar surface area (TPSA) is 77.6 Å². The number of nitrogens with one attached hydrogen (secondary N) is 1. The van der Waals surface area contributed by atoms with E-state index in [0.717, 1.165) is 10.0 Å². The molecule has 3 rings (SSSR count). The van der Waals surface area contributed by atoms with E-state index in [-0.39, 0.29) is 0 Å². The predicted molar refractivity (Wildman–Crippen MR) is 100.0 cm³/mol. The van der Waals surface area contributed by atoms with Gasteiger partial charge in [0.15, 0.2) is 17.3 Å². The molecule has 0 fully saturated rings. The van der Waals surface area contributed by atoms with Crippen molar-refractivity contribution in [2.45, 2.75) is 6.92 Å². The Balaban J connectivity index is 1.98. The van der Waals surface area contributed by atoms with Crippen LogP contribution in [0.4, 0.5) is 0 Å². The Labute approximate surface area is 157 Å². The number of H-pyrrole nitrogens is 1. The van der Waals surface area contributed by atoms with E-state index in [0.29, 0.717) is 34.5 Å². The lowest BCUT2D eigenvalue weighted by atomic mass is 10.2. The van der Waals surface area contributed by atoms with Gasteiger partial charge in [0.25, 0.3) is 0 Å². The fourth-order valence-corrected chi connectivity index (χ4v) is 3.01. The minimum absolute atomic E-state index is 0.361. The van der Waals surface area contributed by atoms with Crippen molar-refractivity contribution in [3.8, 4) is 23.1 Å².